The van der Waals surface area contributed by atoms with E-state index in [0.717, 1.165) is 0 Å². The van der Waals surface area contributed by atoms with Crippen molar-refractivity contribution in [2.45, 2.75) is 18.2 Å². The van der Waals surface area contributed by atoms with E-state index in [-0.39, 0.29) is 42.2 Å². The Bertz CT molecular complexity index is 649. The second kappa shape index (κ2) is 12.1. The molecular formula is C16H27IN4O3S. The third kappa shape index (κ3) is 9.05. The summed E-state index contributed by atoms with van der Waals surface area (Å²) in [5, 5.41) is 6.07. The van der Waals surface area contributed by atoms with Crippen LogP contribution in [0, 0.1) is 0 Å². The number of benzene rings is 1. The molecule has 0 aromatic heterocycles. The van der Waals surface area contributed by atoms with E-state index in [1.807, 2.05) is 6.92 Å². The minimum absolute atomic E-state index is 0. The van der Waals surface area contributed by atoms with Crippen molar-refractivity contribution < 1.29 is 13.2 Å². The first-order valence-corrected chi connectivity index (χ1v) is 9.52. The van der Waals surface area contributed by atoms with Gasteiger partial charge in [0.05, 0.1) is 10.6 Å². The van der Waals surface area contributed by atoms with Crippen LogP contribution in [0.5, 0.6) is 0 Å². The third-order valence-electron chi connectivity index (χ3n) is 3.20. The predicted molar refractivity (Wildman–Crippen MR) is 111 cm³/mol. The number of guanidine groups is 1. The summed E-state index contributed by atoms with van der Waals surface area (Å²) in [7, 11) is 0.0780. The molecule has 0 bridgehead atoms. The van der Waals surface area contributed by atoms with Crippen LogP contribution >= 0.6 is 24.0 Å². The summed E-state index contributed by atoms with van der Waals surface area (Å²) < 4.78 is 24.3. The molecule has 0 fully saturated rings. The maximum absolute atomic E-state index is 12.2. The highest BCUT2D eigenvalue weighted by Gasteiger charge is 2.13. The Balaban J connectivity index is 0.00000576. The summed E-state index contributed by atoms with van der Waals surface area (Å²) in [6.45, 7) is 3.08. The van der Waals surface area contributed by atoms with Crippen molar-refractivity contribution in [1.29, 1.82) is 0 Å². The lowest BCUT2D eigenvalue weighted by molar-refractivity contribution is -0.127. The fraction of sp³-hybridized carbons (Fsp3) is 0.500. The zero-order valence-corrected chi connectivity index (χ0v) is 18.0. The summed E-state index contributed by atoms with van der Waals surface area (Å²) in [6.07, 6.45) is 0.448. The zero-order chi connectivity index (χ0) is 18.0. The van der Waals surface area contributed by atoms with E-state index in [1.165, 1.54) is 4.90 Å². The molecule has 2 N–H and O–H groups in total. The standard InChI is InChI=1S/C16H26N4O3S.HI/c1-4-17-16(19-13-15(21)20(2)3)18-11-8-12-24(22,23)14-9-6-5-7-10-14;/h5-7,9-10H,4,8,11-13H2,1-3H3,(H2,17,18,19);1H. The van der Waals surface area contributed by atoms with Gasteiger partial charge in [0.25, 0.3) is 0 Å². The first-order valence-electron chi connectivity index (χ1n) is 7.87. The van der Waals surface area contributed by atoms with E-state index in [0.29, 0.717) is 30.4 Å². The smallest absolute Gasteiger partial charge is 0.243 e. The number of aliphatic imine (C=N–C) groups is 1. The fourth-order valence-electron chi connectivity index (χ4n) is 1.84. The molecule has 1 amide bonds. The first kappa shape index (κ1) is 23.6. The average Bonchev–Trinajstić information content (AvgIpc) is 2.56. The van der Waals surface area contributed by atoms with Crippen molar-refractivity contribution in [3.05, 3.63) is 30.3 Å². The van der Waals surface area contributed by atoms with E-state index in [9.17, 15) is 13.2 Å². The maximum atomic E-state index is 12.2. The van der Waals surface area contributed by atoms with Crippen LogP contribution < -0.4 is 10.6 Å². The number of halogens is 1. The number of nitrogens with one attached hydrogen (secondary N) is 2. The van der Waals surface area contributed by atoms with Gasteiger partial charge >= 0.3 is 0 Å². The van der Waals surface area contributed by atoms with Crippen molar-refractivity contribution in [1.82, 2.24) is 15.5 Å². The van der Waals surface area contributed by atoms with Gasteiger partial charge in [-0.1, -0.05) is 18.2 Å². The summed E-state index contributed by atoms with van der Waals surface area (Å²) in [4.78, 5) is 17.5. The number of sulfone groups is 1. The molecule has 0 heterocycles. The molecule has 0 atom stereocenters. The Morgan fingerprint density at radius 2 is 1.80 bits per heavy atom. The molecule has 0 aliphatic rings. The molecule has 1 aromatic rings. The van der Waals surface area contributed by atoms with Crippen molar-refractivity contribution in [3.8, 4) is 0 Å². The molecule has 7 nitrogen and oxygen atoms in total. The Morgan fingerprint density at radius 3 is 2.36 bits per heavy atom. The second-order valence-electron chi connectivity index (χ2n) is 5.40. The number of hydrogen-bond donors (Lipinski definition) is 2. The Kier molecular flexibility index (Phi) is 11.4. The van der Waals surface area contributed by atoms with Crippen LogP contribution in [0.3, 0.4) is 0 Å². The summed E-state index contributed by atoms with van der Waals surface area (Å²) in [5.41, 5.74) is 0. The van der Waals surface area contributed by atoms with E-state index in [2.05, 4.69) is 15.6 Å². The van der Waals surface area contributed by atoms with Gasteiger partial charge in [-0.3, -0.25) is 4.79 Å². The minimum atomic E-state index is -3.27. The van der Waals surface area contributed by atoms with Gasteiger partial charge in [-0.15, -0.1) is 24.0 Å². The van der Waals surface area contributed by atoms with Crippen molar-refractivity contribution in [3.63, 3.8) is 0 Å². The van der Waals surface area contributed by atoms with Gasteiger partial charge in [-0.25, -0.2) is 13.4 Å². The Morgan fingerprint density at radius 1 is 1.16 bits per heavy atom. The molecule has 1 aromatic carbocycles. The number of amides is 1. The summed E-state index contributed by atoms with van der Waals surface area (Å²) in [5.74, 6) is 0.462. The molecular weight excluding hydrogens is 455 g/mol. The highest BCUT2D eigenvalue weighted by Crippen LogP contribution is 2.10. The topological polar surface area (TPSA) is 90.9 Å². The number of carbonyl (C=O) groups is 1. The molecule has 0 radical (unpaired) electrons. The molecule has 0 saturated heterocycles. The number of carbonyl (C=O) groups excluding carboxylic acids is 1. The summed E-state index contributed by atoms with van der Waals surface area (Å²) >= 11 is 0. The van der Waals surface area contributed by atoms with Crippen molar-refractivity contribution in [2.24, 2.45) is 4.99 Å². The van der Waals surface area contributed by atoms with Crippen LogP contribution in [0.2, 0.25) is 0 Å². The zero-order valence-electron chi connectivity index (χ0n) is 14.9. The van der Waals surface area contributed by atoms with Crippen molar-refractivity contribution in [2.75, 3.05) is 39.5 Å². The fourth-order valence-corrected chi connectivity index (χ4v) is 3.18. The lowest BCUT2D eigenvalue weighted by atomic mass is 10.4. The Labute approximate surface area is 167 Å². The van der Waals surface area contributed by atoms with Crippen LogP contribution in [-0.4, -0.2) is 64.7 Å². The van der Waals surface area contributed by atoms with Crippen LogP contribution in [-0.2, 0) is 14.6 Å². The molecule has 0 spiro atoms. The quantitative estimate of drug-likeness (QED) is 0.251. The largest absolute Gasteiger partial charge is 0.357 e. The molecule has 0 aliphatic heterocycles. The molecule has 142 valence electrons. The lowest BCUT2D eigenvalue weighted by Gasteiger charge is -2.12. The van der Waals surface area contributed by atoms with E-state index in [4.69, 9.17) is 0 Å². The van der Waals surface area contributed by atoms with E-state index < -0.39 is 9.84 Å². The number of hydrogen-bond acceptors (Lipinski definition) is 4. The molecule has 1 rings (SSSR count). The van der Waals surface area contributed by atoms with Crippen molar-refractivity contribution >= 4 is 45.7 Å². The van der Waals surface area contributed by atoms with Crippen LogP contribution in [0.4, 0.5) is 0 Å². The number of rotatable bonds is 8. The summed E-state index contributed by atoms with van der Waals surface area (Å²) in [6, 6.07) is 8.41. The van der Waals surface area contributed by atoms with Gasteiger partial charge in [0.2, 0.25) is 5.91 Å². The molecule has 0 aliphatic carbocycles. The molecule has 25 heavy (non-hydrogen) atoms. The predicted octanol–water partition coefficient (Wildman–Crippen LogP) is 1.11. The molecule has 0 unspecified atom stereocenters. The van der Waals surface area contributed by atoms with Gasteiger partial charge in [0, 0.05) is 27.2 Å². The van der Waals surface area contributed by atoms with Crippen LogP contribution in [0.15, 0.2) is 40.2 Å². The Hall–Kier alpha value is -1.36. The molecule has 9 heteroatoms. The maximum Gasteiger partial charge on any atom is 0.243 e. The highest BCUT2D eigenvalue weighted by molar-refractivity contribution is 14.0. The van der Waals surface area contributed by atoms with Gasteiger partial charge < -0.3 is 15.5 Å². The number of likely N-dealkylation sites (N-methyl/N-ethyl adjacent to an activating group) is 1. The van der Waals surface area contributed by atoms with E-state index >= 15 is 0 Å². The van der Waals surface area contributed by atoms with Crippen LogP contribution in [0.25, 0.3) is 0 Å². The monoisotopic (exact) mass is 482 g/mol. The first-order chi connectivity index (χ1) is 11.4. The van der Waals surface area contributed by atoms with Gasteiger partial charge in [0.15, 0.2) is 15.8 Å². The second-order valence-corrected chi connectivity index (χ2v) is 7.50. The normalized spacial score (nSPS) is 11.4. The van der Waals surface area contributed by atoms with E-state index in [1.54, 1.807) is 44.4 Å². The van der Waals surface area contributed by atoms with Crippen LogP contribution in [0.1, 0.15) is 13.3 Å². The van der Waals surface area contributed by atoms with Gasteiger partial charge in [0.1, 0.15) is 6.54 Å². The highest BCUT2D eigenvalue weighted by atomic mass is 127. The third-order valence-corrected chi connectivity index (χ3v) is 5.02. The van der Waals surface area contributed by atoms with Gasteiger partial charge in [-0.2, -0.15) is 0 Å². The molecule has 0 saturated carbocycles. The minimum Gasteiger partial charge on any atom is -0.357 e. The number of nitrogens with zero attached hydrogens (tertiary/aromatic N) is 2. The van der Waals surface area contributed by atoms with Gasteiger partial charge in [-0.05, 0) is 25.5 Å². The SMILES string of the molecule is CCNC(=NCC(=O)N(C)C)NCCCS(=O)(=O)c1ccccc1.I. The average molecular weight is 482 g/mol. The lowest BCUT2D eigenvalue weighted by Crippen LogP contribution is -2.39.